The van der Waals surface area contributed by atoms with Gasteiger partial charge in [-0.25, -0.2) is 0 Å². The molecule has 0 spiro atoms. The molecule has 0 amide bonds. The topological polar surface area (TPSA) is 52.1 Å². The molecule has 2 heterocycles. The fourth-order valence-corrected chi connectivity index (χ4v) is 3.65. The zero-order valence-corrected chi connectivity index (χ0v) is 16.4. The van der Waals surface area contributed by atoms with Crippen LogP contribution >= 0.6 is 0 Å². The summed E-state index contributed by atoms with van der Waals surface area (Å²) in [6, 6.07) is 0. The summed E-state index contributed by atoms with van der Waals surface area (Å²) in [5, 5.41) is 6.83. The van der Waals surface area contributed by atoms with Crippen LogP contribution in [0.4, 0.5) is 0 Å². The van der Waals surface area contributed by atoms with Gasteiger partial charge in [0, 0.05) is 39.3 Å². The van der Waals surface area contributed by atoms with Crippen LogP contribution in [0.3, 0.4) is 0 Å². The van der Waals surface area contributed by atoms with Crippen LogP contribution in [0.25, 0.3) is 0 Å². The summed E-state index contributed by atoms with van der Waals surface area (Å²) in [5.41, 5.74) is 0. The lowest BCUT2D eigenvalue weighted by Crippen LogP contribution is -2.41. The second kappa shape index (κ2) is 12.5. The molecule has 6 nitrogen and oxygen atoms in total. The number of aliphatic imine (C=N–C) groups is 1. The molecule has 1 unspecified atom stereocenters. The zero-order valence-electron chi connectivity index (χ0n) is 16.4. The molecule has 0 aromatic heterocycles. The highest BCUT2D eigenvalue weighted by Crippen LogP contribution is 2.15. The number of nitrogens with zero attached hydrogens (tertiary/aromatic N) is 3. The van der Waals surface area contributed by atoms with Gasteiger partial charge in [-0.2, -0.15) is 0 Å². The molecule has 2 aliphatic heterocycles. The zero-order chi connectivity index (χ0) is 17.7. The van der Waals surface area contributed by atoms with Crippen molar-refractivity contribution in [2.24, 2.45) is 10.9 Å². The van der Waals surface area contributed by atoms with Crippen molar-refractivity contribution in [2.75, 3.05) is 72.1 Å². The molecule has 0 aromatic carbocycles. The van der Waals surface area contributed by atoms with Crippen molar-refractivity contribution < 1.29 is 4.74 Å². The third-order valence-corrected chi connectivity index (χ3v) is 5.04. The van der Waals surface area contributed by atoms with E-state index in [4.69, 9.17) is 9.73 Å². The van der Waals surface area contributed by atoms with E-state index in [0.717, 1.165) is 77.2 Å². The Morgan fingerprint density at radius 3 is 2.64 bits per heavy atom. The van der Waals surface area contributed by atoms with Crippen LogP contribution in [0.5, 0.6) is 0 Å². The standard InChI is InChI=1S/C19H39N5O/c1-3-20-19(21-8-5-11-23-13-15-25-16-14-23)22-9-6-12-24-10-4-7-18(2)17-24/h18H,3-17H2,1-2H3,(H2,20,21,22). The van der Waals surface area contributed by atoms with E-state index in [0.29, 0.717) is 0 Å². The van der Waals surface area contributed by atoms with Gasteiger partial charge in [0.25, 0.3) is 0 Å². The SMILES string of the molecule is CCNC(=NCCCN1CCCC(C)C1)NCCCN1CCOCC1. The third kappa shape index (κ3) is 8.88. The average Bonchev–Trinajstić information content (AvgIpc) is 2.63. The summed E-state index contributed by atoms with van der Waals surface area (Å²) < 4.78 is 5.39. The van der Waals surface area contributed by atoms with Crippen LogP contribution in [-0.4, -0.2) is 87.9 Å². The lowest BCUT2D eigenvalue weighted by molar-refractivity contribution is 0.0376. The maximum Gasteiger partial charge on any atom is 0.191 e. The second-order valence-electron chi connectivity index (χ2n) is 7.40. The lowest BCUT2D eigenvalue weighted by atomic mass is 10.0. The van der Waals surface area contributed by atoms with Crippen molar-refractivity contribution in [3.8, 4) is 0 Å². The monoisotopic (exact) mass is 353 g/mol. The number of hydrogen-bond acceptors (Lipinski definition) is 4. The molecular weight excluding hydrogens is 314 g/mol. The van der Waals surface area contributed by atoms with E-state index in [1.807, 2.05) is 0 Å². The first kappa shape index (κ1) is 20.5. The van der Waals surface area contributed by atoms with E-state index in [-0.39, 0.29) is 0 Å². The number of rotatable bonds is 9. The van der Waals surface area contributed by atoms with Crippen LogP contribution in [0, 0.1) is 5.92 Å². The molecule has 25 heavy (non-hydrogen) atoms. The summed E-state index contributed by atoms with van der Waals surface area (Å²) in [7, 11) is 0. The van der Waals surface area contributed by atoms with Crippen LogP contribution in [0.15, 0.2) is 4.99 Å². The molecule has 0 radical (unpaired) electrons. The minimum Gasteiger partial charge on any atom is -0.379 e. The summed E-state index contributed by atoms with van der Waals surface area (Å²) in [5.74, 6) is 1.83. The van der Waals surface area contributed by atoms with Crippen LogP contribution < -0.4 is 10.6 Å². The Hall–Kier alpha value is -0.850. The molecule has 0 bridgehead atoms. The highest BCUT2D eigenvalue weighted by molar-refractivity contribution is 5.79. The van der Waals surface area contributed by atoms with Gasteiger partial charge in [0.05, 0.1) is 13.2 Å². The minimum atomic E-state index is 0.864. The Morgan fingerprint density at radius 2 is 1.88 bits per heavy atom. The fourth-order valence-electron chi connectivity index (χ4n) is 3.65. The van der Waals surface area contributed by atoms with Crippen LogP contribution in [-0.2, 0) is 4.74 Å². The smallest absolute Gasteiger partial charge is 0.191 e. The number of morpholine rings is 1. The normalized spacial score (nSPS) is 23.6. The number of likely N-dealkylation sites (tertiary alicyclic amines) is 1. The molecular formula is C19H39N5O. The van der Waals surface area contributed by atoms with E-state index < -0.39 is 0 Å². The Kier molecular flexibility index (Phi) is 10.2. The summed E-state index contributed by atoms with van der Waals surface area (Å²) in [6.07, 6.45) is 5.05. The van der Waals surface area contributed by atoms with E-state index in [1.54, 1.807) is 0 Å². The van der Waals surface area contributed by atoms with Gasteiger partial charge in [-0.05, 0) is 58.2 Å². The minimum absolute atomic E-state index is 0.864. The molecule has 2 N–H and O–H groups in total. The predicted molar refractivity (Wildman–Crippen MR) is 105 cm³/mol. The number of guanidine groups is 1. The summed E-state index contributed by atoms with van der Waals surface area (Å²) in [4.78, 5) is 9.82. The largest absolute Gasteiger partial charge is 0.379 e. The van der Waals surface area contributed by atoms with Crippen molar-refractivity contribution in [1.82, 2.24) is 20.4 Å². The summed E-state index contributed by atoms with van der Waals surface area (Å²) in [6.45, 7) is 16.1. The van der Waals surface area contributed by atoms with Gasteiger partial charge in [-0.3, -0.25) is 9.89 Å². The molecule has 2 fully saturated rings. The third-order valence-electron chi connectivity index (χ3n) is 5.04. The van der Waals surface area contributed by atoms with E-state index in [2.05, 4.69) is 34.3 Å². The molecule has 146 valence electrons. The molecule has 2 saturated heterocycles. The number of nitrogens with one attached hydrogen (secondary N) is 2. The predicted octanol–water partition coefficient (Wildman–Crippen LogP) is 1.39. The first-order chi connectivity index (χ1) is 12.3. The first-order valence-corrected chi connectivity index (χ1v) is 10.3. The molecule has 1 atom stereocenters. The highest BCUT2D eigenvalue weighted by atomic mass is 16.5. The van der Waals surface area contributed by atoms with Crippen LogP contribution in [0.2, 0.25) is 0 Å². The van der Waals surface area contributed by atoms with Gasteiger partial charge >= 0.3 is 0 Å². The van der Waals surface area contributed by atoms with Crippen molar-refractivity contribution in [3.05, 3.63) is 0 Å². The number of hydrogen-bond donors (Lipinski definition) is 2. The maximum absolute atomic E-state index is 5.39. The molecule has 6 heteroatoms. The quantitative estimate of drug-likeness (QED) is 0.373. The maximum atomic E-state index is 5.39. The van der Waals surface area contributed by atoms with E-state index >= 15 is 0 Å². The Morgan fingerprint density at radius 1 is 1.08 bits per heavy atom. The van der Waals surface area contributed by atoms with E-state index in [1.165, 1.54) is 32.5 Å². The highest BCUT2D eigenvalue weighted by Gasteiger charge is 2.15. The first-order valence-electron chi connectivity index (χ1n) is 10.3. The molecule has 0 saturated carbocycles. The van der Waals surface area contributed by atoms with Crippen molar-refractivity contribution >= 4 is 5.96 Å². The molecule has 2 rings (SSSR count). The van der Waals surface area contributed by atoms with Gasteiger partial charge in [-0.1, -0.05) is 6.92 Å². The summed E-state index contributed by atoms with van der Waals surface area (Å²) >= 11 is 0. The van der Waals surface area contributed by atoms with Crippen molar-refractivity contribution in [2.45, 2.75) is 39.5 Å². The number of piperidine rings is 1. The lowest BCUT2D eigenvalue weighted by Gasteiger charge is -2.30. The molecule has 2 aliphatic rings. The Labute approximate surface area is 154 Å². The molecule has 0 aromatic rings. The van der Waals surface area contributed by atoms with Gasteiger partial charge in [0.2, 0.25) is 0 Å². The Balaban J connectivity index is 1.57. The van der Waals surface area contributed by atoms with E-state index in [9.17, 15) is 0 Å². The van der Waals surface area contributed by atoms with Gasteiger partial charge in [-0.15, -0.1) is 0 Å². The second-order valence-corrected chi connectivity index (χ2v) is 7.40. The number of ether oxygens (including phenoxy) is 1. The fraction of sp³-hybridized carbons (Fsp3) is 0.947. The Bertz CT molecular complexity index is 371. The van der Waals surface area contributed by atoms with Crippen molar-refractivity contribution in [1.29, 1.82) is 0 Å². The van der Waals surface area contributed by atoms with Gasteiger partial charge in [0.1, 0.15) is 0 Å². The van der Waals surface area contributed by atoms with Crippen LogP contribution in [0.1, 0.15) is 39.5 Å². The van der Waals surface area contributed by atoms with Gasteiger partial charge in [0.15, 0.2) is 5.96 Å². The van der Waals surface area contributed by atoms with Crippen molar-refractivity contribution in [3.63, 3.8) is 0 Å². The average molecular weight is 354 g/mol. The molecule has 0 aliphatic carbocycles. The van der Waals surface area contributed by atoms with Gasteiger partial charge < -0.3 is 20.3 Å².